The van der Waals surface area contributed by atoms with E-state index in [1.807, 2.05) is 12.4 Å². The van der Waals surface area contributed by atoms with E-state index < -0.39 is 0 Å². The molecule has 2 fully saturated rings. The molecule has 3 aromatic rings. The SMILES string of the molecule is CN1CCN(Cc2ccncc2)CC1c1cn2c(N3CCCC3)cccc2n1. The van der Waals surface area contributed by atoms with E-state index in [-0.39, 0.29) is 0 Å². The van der Waals surface area contributed by atoms with Gasteiger partial charge in [0.2, 0.25) is 0 Å². The second-order valence-electron chi connectivity index (χ2n) is 8.06. The van der Waals surface area contributed by atoms with E-state index in [1.165, 1.54) is 29.9 Å². The normalized spacial score (nSPS) is 21.6. The quantitative estimate of drug-likeness (QED) is 0.700. The summed E-state index contributed by atoms with van der Waals surface area (Å²) in [6, 6.07) is 11.0. The molecule has 1 atom stereocenters. The molecule has 2 aliphatic heterocycles. The number of fused-ring (bicyclic) bond motifs is 1. The lowest BCUT2D eigenvalue weighted by Crippen LogP contribution is -2.46. The Morgan fingerprint density at radius 2 is 1.82 bits per heavy atom. The minimum absolute atomic E-state index is 0.321. The van der Waals surface area contributed by atoms with Gasteiger partial charge in [-0.25, -0.2) is 4.98 Å². The first-order valence-electron chi connectivity index (χ1n) is 10.3. The monoisotopic (exact) mass is 376 g/mol. The van der Waals surface area contributed by atoms with Crippen LogP contribution >= 0.6 is 0 Å². The first kappa shape index (κ1) is 17.6. The number of rotatable bonds is 4. The van der Waals surface area contributed by atoms with Gasteiger partial charge in [0, 0.05) is 57.9 Å². The number of pyridine rings is 2. The van der Waals surface area contributed by atoms with Crippen molar-refractivity contribution in [2.45, 2.75) is 25.4 Å². The van der Waals surface area contributed by atoms with Gasteiger partial charge in [-0.1, -0.05) is 6.07 Å². The predicted molar refractivity (Wildman–Crippen MR) is 112 cm³/mol. The molecule has 6 heteroatoms. The molecule has 5 rings (SSSR count). The Labute approximate surface area is 166 Å². The maximum absolute atomic E-state index is 5.02. The maximum atomic E-state index is 5.02. The van der Waals surface area contributed by atoms with Crippen LogP contribution in [0.1, 0.15) is 30.1 Å². The van der Waals surface area contributed by atoms with Crippen molar-refractivity contribution in [3.05, 3.63) is 60.2 Å². The number of aromatic nitrogens is 3. The highest BCUT2D eigenvalue weighted by atomic mass is 15.3. The zero-order valence-electron chi connectivity index (χ0n) is 16.5. The lowest BCUT2D eigenvalue weighted by Gasteiger charge is -2.38. The van der Waals surface area contributed by atoms with Crippen molar-refractivity contribution in [3.63, 3.8) is 0 Å². The highest BCUT2D eigenvalue weighted by Crippen LogP contribution is 2.28. The molecule has 0 aromatic carbocycles. The molecule has 0 aliphatic carbocycles. The third kappa shape index (κ3) is 3.38. The van der Waals surface area contributed by atoms with Gasteiger partial charge in [0.05, 0.1) is 11.7 Å². The molecule has 0 radical (unpaired) electrons. The Bertz CT molecular complexity index is 931. The summed E-state index contributed by atoms with van der Waals surface area (Å²) in [5, 5.41) is 0. The van der Waals surface area contributed by atoms with Crippen molar-refractivity contribution in [1.29, 1.82) is 0 Å². The van der Waals surface area contributed by atoms with Gasteiger partial charge >= 0.3 is 0 Å². The van der Waals surface area contributed by atoms with Gasteiger partial charge in [-0.15, -0.1) is 0 Å². The van der Waals surface area contributed by atoms with Gasteiger partial charge in [-0.3, -0.25) is 19.2 Å². The van der Waals surface area contributed by atoms with Gasteiger partial charge in [-0.2, -0.15) is 0 Å². The van der Waals surface area contributed by atoms with Crippen LogP contribution in [0.4, 0.5) is 5.82 Å². The Hall–Kier alpha value is -2.44. The zero-order chi connectivity index (χ0) is 18.9. The van der Waals surface area contributed by atoms with E-state index in [1.54, 1.807) is 0 Å². The minimum atomic E-state index is 0.321. The number of nitrogens with zero attached hydrogens (tertiary/aromatic N) is 6. The second kappa shape index (κ2) is 7.53. The molecule has 146 valence electrons. The largest absolute Gasteiger partial charge is 0.358 e. The molecular weight excluding hydrogens is 348 g/mol. The van der Waals surface area contributed by atoms with Crippen molar-refractivity contribution in [3.8, 4) is 0 Å². The van der Waals surface area contributed by atoms with Crippen molar-refractivity contribution >= 4 is 11.5 Å². The fourth-order valence-electron chi connectivity index (χ4n) is 4.52. The number of likely N-dealkylation sites (N-methyl/N-ethyl adjacent to an activating group) is 1. The van der Waals surface area contributed by atoms with E-state index >= 15 is 0 Å². The summed E-state index contributed by atoms with van der Waals surface area (Å²) >= 11 is 0. The van der Waals surface area contributed by atoms with Crippen LogP contribution in [0.2, 0.25) is 0 Å². The van der Waals surface area contributed by atoms with Crippen molar-refractivity contribution in [1.82, 2.24) is 24.2 Å². The lowest BCUT2D eigenvalue weighted by atomic mass is 10.1. The number of hydrogen-bond donors (Lipinski definition) is 0. The number of anilines is 1. The Kier molecular flexibility index (Phi) is 4.74. The lowest BCUT2D eigenvalue weighted by molar-refractivity contribution is 0.0885. The highest BCUT2D eigenvalue weighted by Gasteiger charge is 2.28. The average molecular weight is 377 g/mol. The van der Waals surface area contributed by atoms with Crippen LogP contribution in [-0.4, -0.2) is 63.9 Å². The average Bonchev–Trinajstić information content (AvgIpc) is 3.40. The smallest absolute Gasteiger partial charge is 0.138 e. The predicted octanol–water partition coefficient (Wildman–Crippen LogP) is 2.82. The van der Waals surface area contributed by atoms with Gasteiger partial charge in [0.1, 0.15) is 11.5 Å². The zero-order valence-corrected chi connectivity index (χ0v) is 16.5. The summed E-state index contributed by atoms with van der Waals surface area (Å²) in [4.78, 5) is 16.6. The van der Waals surface area contributed by atoms with Gasteiger partial charge in [0.15, 0.2) is 0 Å². The molecule has 2 saturated heterocycles. The van der Waals surface area contributed by atoms with E-state index in [2.05, 4.69) is 67.7 Å². The van der Waals surface area contributed by atoms with Crippen LogP contribution in [0, 0.1) is 0 Å². The molecule has 0 saturated carbocycles. The van der Waals surface area contributed by atoms with E-state index in [9.17, 15) is 0 Å². The summed E-state index contributed by atoms with van der Waals surface area (Å²) < 4.78 is 2.29. The van der Waals surface area contributed by atoms with Crippen LogP contribution in [0.15, 0.2) is 48.9 Å². The van der Waals surface area contributed by atoms with Crippen LogP contribution in [0.25, 0.3) is 5.65 Å². The molecule has 3 aromatic heterocycles. The maximum Gasteiger partial charge on any atom is 0.138 e. The van der Waals surface area contributed by atoms with Crippen molar-refractivity contribution in [2.75, 3.05) is 44.7 Å². The Morgan fingerprint density at radius 1 is 1.00 bits per heavy atom. The first-order valence-corrected chi connectivity index (χ1v) is 10.3. The van der Waals surface area contributed by atoms with E-state index in [4.69, 9.17) is 4.98 Å². The fourth-order valence-corrected chi connectivity index (χ4v) is 4.52. The standard InChI is InChI=1S/C22H28N6/c1-25-13-14-26(15-18-7-9-23-10-8-18)17-20(25)19-16-28-21(24-19)5-4-6-22(28)27-11-2-3-12-27/h4-10,16,20H,2-3,11-15,17H2,1H3. The minimum Gasteiger partial charge on any atom is -0.358 e. The van der Waals surface area contributed by atoms with Crippen LogP contribution < -0.4 is 4.90 Å². The van der Waals surface area contributed by atoms with Gasteiger partial charge in [-0.05, 0) is 49.7 Å². The molecule has 5 heterocycles. The summed E-state index contributed by atoms with van der Waals surface area (Å²) in [6.07, 6.45) is 8.59. The highest BCUT2D eigenvalue weighted by molar-refractivity contribution is 5.53. The van der Waals surface area contributed by atoms with E-state index in [0.29, 0.717) is 6.04 Å². The van der Waals surface area contributed by atoms with Crippen LogP contribution in [-0.2, 0) is 6.54 Å². The molecule has 0 spiro atoms. The number of hydrogen-bond acceptors (Lipinski definition) is 5. The molecule has 0 N–H and O–H groups in total. The van der Waals surface area contributed by atoms with Crippen molar-refractivity contribution in [2.24, 2.45) is 0 Å². The van der Waals surface area contributed by atoms with Crippen molar-refractivity contribution < 1.29 is 0 Å². The molecule has 6 nitrogen and oxygen atoms in total. The third-order valence-corrected chi connectivity index (χ3v) is 6.15. The molecule has 1 unspecified atom stereocenters. The summed E-state index contributed by atoms with van der Waals surface area (Å²) in [7, 11) is 2.22. The van der Waals surface area contributed by atoms with E-state index in [0.717, 1.165) is 44.9 Å². The van der Waals surface area contributed by atoms with Gasteiger partial charge in [0.25, 0.3) is 0 Å². The molecule has 0 amide bonds. The first-order chi connectivity index (χ1) is 13.8. The Balaban J connectivity index is 1.40. The van der Waals surface area contributed by atoms with Crippen LogP contribution in [0.3, 0.4) is 0 Å². The Morgan fingerprint density at radius 3 is 2.64 bits per heavy atom. The fraction of sp³-hybridized carbons (Fsp3) is 0.455. The number of imidazole rings is 1. The summed E-state index contributed by atoms with van der Waals surface area (Å²) in [5.74, 6) is 1.28. The number of piperazine rings is 1. The molecule has 0 bridgehead atoms. The molecule has 2 aliphatic rings. The summed E-state index contributed by atoms with van der Waals surface area (Å²) in [5.41, 5.74) is 3.55. The summed E-state index contributed by atoms with van der Waals surface area (Å²) in [6.45, 7) is 6.41. The van der Waals surface area contributed by atoms with Gasteiger partial charge < -0.3 is 4.90 Å². The third-order valence-electron chi connectivity index (χ3n) is 6.15. The van der Waals surface area contributed by atoms with Crippen LogP contribution in [0.5, 0.6) is 0 Å². The topological polar surface area (TPSA) is 39.9 Å². The second-order valence-corrected chi connectivity index (χ2v) is 8.06. The molecular formula is C22H28N6. The molecule has 28 heavy (non-hydrogen) atoms.